The zero-order valence-electron chi connectivity index (χ0n) is 9.97. The number of ether oxygens (including phenoxy) is 2. The van der Waals surface area contributed by atoms with Gasteiger partial charge >= 0.3 is 0 Å². The van der Waals surface area contributed by atoms with Crippen LogP contribution in [0.5, 0.6) is 11.5 Å². The smallest absolute Gasteiger partial charge is 0.258 e. The number of hydrogen-bond acceptors (Lipinski definition) is 6. The molecule has 0 amide bonds. The molecule has 1 aromatic heterocycles. The van der Waals surface area contributed by atoms with Crippen molar-refractivity contribution < 1.29 is 14.0 Å². The molecule has 0 saturated carbocycles. The molecule has 0 bridgehead atoms. The Morgan fingerprint density at radius 3 is 3.06 bits per heavy atom. The molecule has 18 heavy (non-hydrogen) atoms. The quantitative estimate of drug-likeness (QED) is 0.876. The average Bonchev–Trinajstić information content (AvgIpc) is 3.04. The summed E-state index contributed by atoms with van der Waals surface area (Å²) in [6.07, 6.45) is 0.741. The summed E-state index contributed by atoms with van der Waals surface area (Å²) < 4.78 is 15.8. The number of aromatic nitrogens is 2. The second kappa shape index (κ2) is 4.66. The normalized spacial score (nSPS) is 12.9. The first-order valence-electron chi connectivity index (χ1n) is 5.74. The van der Waals surface area contributed by atoms with Gasteiger partial charge in [0.25, 0.3) is 5.89 Å². The van der Waals surface area contributed by atoms with Crippen molar-refractivity contribution in [1.82, 2.24) is 15.5 Å². The molecule has 1 aliphatic rings. The van der Waals surface area contributed by atoms with Crippen molar-refractivity contribution in [3.63, 3.8) is 0 Å². The Morgan fingerprint density at radius 1 is 1.28 bits per heavy atom. The zero-order valence-corrected chi connectivity index (χ0v) is 9.97. The van der Waals surface area contributed by atoms with E-state index in [2.05, 4.69) is 15.5 Å². The molecule has 2 heterocycles. The van der Waals surface area contributed by atoms with E-state index in [4.69, 9.17) is 14.0 Å². The fourth-order valence-electron chi connectivity index (χ4n) is 1.74. The largest absolute Gasteiger partial charge is 0.454 e. The van der Waals surface area contributed by atoms with Crippen LogP contribution in [0, 0.1) is 0 Å². The highest BCUT2D eigenvalue weighted by Gasteiger charge is 2.16. The van der Waals surface area contributed by atoms with Crippen LogP contribution in [0.1, 0.15) is 5.82 Å². The van der Waals surface area contributed by atoms with Gasteiger partial charge in [0.15, 0.2) is 17.3 Å². The number of nitrogens with zero attached hydrogens (tertiary/aromatic N) is 2. The molecule has 1 aromatic carbocycles. The van der Waals surface area contributed by atoms with Crippen LogP contribution in [0.15, 0.2) is 22.7 Å². The Bertz CT molecular complexity index is 553. The summed E-state index contributed by atoms with van der Waals surface area (Å²) in [5.41, 5.74) is 0.836. The molecule has 0 saturated heterocycles. The van der Waals surface area contributed by atoms with Gasteiger partial charge in [0.2, 0.25) is 6.79 Å². The predicted octanol–water partition coefficient (Wildman–Crippen LogP) is 1.23. The molecule has 0 fully saturated rings. The molecule has 3 rings (SSSR count). The van der Waals surface area contributed by atoms with Gasteiger partial charge in [0.1, 0.15) is 0 Å². The predicted molar refractivity (Wildman–Crippen MR) is 63.5 cm³/mol. The van der Waals surface area contributed by atoms with Crippen LogP contribution in [0.25, 0.3) is 11.5 Å². The maximum Gasteiger partial charge on any atom is 0.258 e. The highest BCUT2D eigenvalue weighted by molar-refractivity contribution is 5.60. The zero-order chi connectivity index (χ0) is 12.4. The van der Waals surface area contributed by atoms with Crippen molar-refractivity contribution in [3.8, 4) is 23.0 Å². The summed E-state index contributed by atoms with van der Waals surface area (Å²) in [7, 11) is 1.89. The summed E-state index contributed by atoms with van der Waals surface area (Å²) >= 11 is 0. The molecule has 2 aromatic rings. The van der Waals surface area contributed by atoms with Gasteiger partial charge in [0.05, 0.1) is 0 Å². The van der Waals surface area contributed by atoms with Crippen molar-refractivity contribution in [3.05, 3.63) is 24.0 Å². The topological polar surface area (TPSA) is 69.4 Å². The van der Waals surface area contributed by atoms with E-state index in [1.54, 1.807) is 0 Å². The lowest BCUT2D eigenvalue weighted by Crippen LogP contribution is -2.10. The van der Waals surface area contributed by atoms with E-state index in [0.29, 0.717) is 17.5 Å². The molecule has 0 aliphatic carbocycles. The first-order chi connectivity index (χ1) is 8.86. The van der Waals surface area contributed by atoms with Gasteiger partial charge in [-0.2, -0.15) is 4.98 Å². The van der Waals surface area contributed by atoms with Gasteiger partial charge in [-0.3, -0.25) is 0 Å². The molecule has 0 spiro atoms. The lowest BCUT2D eigenvalue weighted by atomic mass is 10.2. The molecule has 1 N–H and O–H groups in total. The minimum atomic E-state index is 0.260. The lowest BCUT2D eigenvalue weighted by molar-refractivity contribution is 0.174. The second-order valence-corrected chi connectivity index (χ2v) is 3.94. The van der Waals surface area contributed by atoms with E-state index < -0.39 is 0 Å². The van der Waals surface area contributed by atoms with Crippen LogP contribution in [0.3, 0.4) is 0 Å². The monoisotopic (exact) mass is 247 g/mol. The van der Waals surface area contributed by atoms with Crippen molar-refractivity contribution >= 4 is 0 Å². The minimum absolute atomic E-state index is 0.260. The van der Waals surface area contributed by atoms with E-state index >= 15 is 0 Å². The Morgan fingerprint density at radius 2 is 2.17 bits per heavy atom. The Kier molecular flexibility index (Phi) is 2.85. The Balaban J connectivity index is 1.83. The minimum Gasteiger partial charge on any atom is -0.454 e. The third-order valence-corrected chi connectivity index (χ3v) is 2.69. The third-order valence-electron chi connectivity index (χ3n) is 2.69. The lowest BCUT2D eigenvalue weighted by Gasteiger charge is -1.97. The van der Waals surface area contributed by atoms with E-state index in [9.17, 15) is 0 Å². The number of benzene rings is 1. The molecule has 0 unspecified atom stereocenters. The van der Waals surface area contributed by atoms with Crippen LogP contribution in [0.2, 0.25) is 0 Å². The van der Waals surface area contributed by atoms with E-state index in [-0.39, 0.29) is 6.79 Å². The SMILES string of the molecule is CNCCc1noc(-c2ccc3c(c2)OCO3)n1. The summed E-state index contributed by atoms with van der Waals surface area (Å²) in [6, 6.07) is 5.57. The van der Waals surface area contributed by atoms with Crippen molar-refractivity contribution in [2.24, 2.45) is 0 Å². The number of hydrogen-bond donors (Lipinski definition) is 1. The van der Waals surface area contributed by atoms with Gasteiger partial charge in [0, 0.05) is 18.5 Å². The van der Waals surface area contributed by atoms with Crippen LogP contribution in [-0.2, 0) is 6.42 Å². The average molecular weight is 247 g/mol. The molecular weight excluding hydrogens is 234 g/mol. The van der Waals surface area contributed by atoms with Crippen LogP contribution in [-0.4, -0.2) is 30.5 Å². The summed E-state index contributed by atoms with van der Waals surface area (Å²) in [5, 5.41) is 6.97. The van der Waals surface area contributed by atoms with Crippen LogP contribution in [0.4, 0.5) is 0 Å². The first-order valence-corrected chi connectivity index (χ1v) is 5.74. The molecule has 0 radical (unpaired) electrons. The second-order valence-electron chi connectivity index (χ2n) is 3.94. The van der Waals surface area contributed by atoms with Crippen molar-refractivity contribution in [2.45, 2.75) is 6.42 Å². The van der Waals surface area contributed by atoms with E-state index in [1.807, 2.05) is 25.2 Å². The summed E-state index contributed by atoms with van der Waals surface area (Å²) in [4.78, 5) is 4.33. The number of nitrogens with one attached hydrogen (secondary N) is 1. The number of likely N-dealkylation sites (N-methyl/N-ethyl adjacent to an activating group) is 1. The summed E-state index contributed by atoms with van der Waals surface area (Å²) in [6.45, 7) is 1.08. The van der Waals surface area contributed by atoms with Crippen molar-refractivity contribution in [1.29, 1.82) is 0 Å². The summed E-state index contributed by atoms with van der Waals surface area (Å²) in [5.74, 6) is 2.65. The molecule has 6 heteroatoms. The maximum absolute atomic E-state index is 5.31. The van der Waals surface area contributed by atoms with Gasteiger partial charge < -0.3 is 19.3 Å². The highest BCUT2D eigenvalue weighted by Crippen LogP contribution is 2.35. The first kappa shape index (κ1) is 11.0. The van der Waals surface area contributed by atoms with E-state index in [1.165, 1.54) is 0 Å². The number of fused-ring (bicyclic) bond motifs is 1. The van der Waals surface area contributed by atoms with Gasteiger partial charge in [-0.15, -0.1) is 0 Å². The van der Waals surface area contributed by atoms with Gasteiger partial charge in [-0.1, -0.05) is 5.16 Å². The van der Waals surface area contributed by atoms with Gasteiger partial charge in [-0.25, -0.2) is 0 Å². The molecule has 0 atom stereocenters. The fraction of sp³-hybridized carbons (Fsp3) is 0.333. The Hall–Kier alpha value is -2.08. The fourth-order valence-corrected chi connectivity index (χ4v) is 1.74. The van der Waals surface area contributed by atoms with E-state index in [0.717, 1.165) is 24.3 Å². The van der Waals surface area contributed by atoms with Crippen molar-refractivity contribution in [2.75, 3.05) is 20.4 Å². The van der Waals surface area contributed by atoms with Crippen LogP contribution >= 0.6 is 0 Å². The molecular formula is C12H13N3O3. The maximum atomic E-state index is 5.31. The standard InChI is InChI=1S/C12H13N3O3/c1-13-5-4-11-14-12(18-15-11)8-2-3-9-10(6-8)17-7-16-9/h2-3,6,13H,4-5,7H2,1H3. The van der Waals surface area contributed by atoms with Crippen LogP contribution < -0.4 is 14.8 Å². The van der Waals surface area contributed by atoms with Gasteiger partial charge in [-0.05, 0) is 25.2 Å². The molecule has 94 valence electrons. The molecule has 1 aliphatic heterocycles. The third kappa shape index (κ3) is 2.02. The highest BCUT2D eigenvalue weighted by atomic mass is 16.7. The number of rotatable bonds is 4. The molecule has 6 nitrogen and oxygen atoms in total. The Labute approximate surface area is 104 Å².